The van der Waals surface area contributed by atoms with Crippen molar-refractivity contribution in [3.05, 3.63) is 24.3 Å². The summed E-state index contributed by atoms with van der Waals surface area (Å²) in [6.07, 6.45) is 81.7. The number of phosphoric acid groups is 1. The molecule has 9 nitrogen and oxygen atoms in total. The number of unbranched alkanes of at least 4 members (excludes halogenated alkanes) is 51. The molecule has 492 valence electrons. The molecule has 0 aromatic carbocycles. The van der Waals surface area contributed by atoms with E-state index < -0.39 is 26.5 Å². The van der Waals surface area contributed by atoms with Gasteiger partial charge < -0.3 is 18.9 Å². The van der Waals surface area contributed by atoms with Crippen LogP contribution < -0.4 is 0 Å². The van der Waals surface area contributed by atoms with E-state index in [0.717, 1.165) is 44.9 Å². The Morgan fingerprint density at radius 1 is 0.373 bits per heavy atom. The fourth-order valence-corrected chi connectivity index (χ4v) is 11.9. The van der Waals surface area contributed by atoms with Crippen LogP contribution in [0, 0.1) is 0 Å². The lowest BCUT2D eigenvalue weighted by atomic mass is 10.0. The normalized spacial score (nSPS) is 13.2. The molecule has 0 bridgehead atoms. The van der Waals surface area contributed by atoms with Crippen LogP contribution >= 0.6 is 7.82 Å². The van der Waals surface area contributed by atoms with Gasteiger partial charge in [-0.2, -0.15) is 0 Å². The highest BCUT2D eigenvalue weighted by molar-refractivity contribution is 7.47. The first-order chi connectivity index (χ1) is 40.5. The maximum atomic E-state index is 12.9. The van der Waals surface area contributed by atoms with Crippen molar-refractivity contribution >= 4 is 19.8 Å². The molecule has 0 amide bonds. The number of phosphoric ester groups is 1. The van der Waals surface area contributed by atoms with Crippen molar-refractivity contribution in [2.75, 3.05) is 47.5 Å². The fourth-order valence-electron chi connectivity index (χ4n) is 11.1. The van der Waals surface area contributed by atoms with Crippen molar-refractivity contribution in [2.45, 2.75) is 386 Å². The van der Waals surface area contributed by atoms with Gasteiger partial charge in [-0.15, -0.1) is 0 Å². The summed E-state index contributed by atoms with van der Waals surface area (Å²) in [7, 11) is 1.50. The highest BCUT2D eigenvalue weighted by atomic mass is 31.2. The van der Waals surface area contributed by atoms with Gasteiger partial charge >= 0.3 is 19.8 Å². The van der Waals surface area contributed by atoms with Gasteiger partial charge in [0, 0.05) is 12.8 Å². The maximum Gasteiger partial charge on any atom is 0.472 e. The molecule has 0 aliphatic rings. The highest BCUT2D eigenvalue weighted by Gasteiger charge is 2.27. The van der Waals surface area contributed by atoms with Crippen LogP contribution in [-0.4, -0.2) is 74.9 Å². The quantitative estimate of drug-likeness (QED) is 0.0211. The third kappa shape index (κ3) is 69.5. The Morgan fingerprint density at radius 3 is 0.952 bits per heavy atom. The molecule has 0 fully saturated rings. The molecule has 0 saturated carbocycles. The Hall–Kier alpha value is -1.51. The fraction of sp³-hybridized carbons (Fsp3) is 0.918. The van der Waals surface area contributed by atoms with Crippen LogP contribution in [0.1, 0.15) is 380 Å². The van der Waals surface area contributed by atoms with Gasteiger partial charge in [0.1, 0.15) is 19.8 Å². The summed E-state index contributed by atoms with van der Waals surface area (Å²) >= 11 is 0. The average molecular weight is 1190 g/mol. The number of quaternary nitrogens is 1. The number of ether oxygens (including phenoxy) is 2. The summed E-state index contributed by atoms with van der Waals surface area (Å²) in [4.78, 5) is 35.8. The summed E-state index contributed by atoms with van der Waals surface area (Å²) in [5.74, 6) is -0.771. The van der Waals surface area contributed by atoms with Gasteiger partial charge in [-0.05, 0) is 44.9 Å². The number of hydrogen-bond donors (Lipinski definition) is 1. The Labute approximate surface area is 517 Å². The molecule has 1 N–H and O–H groups in total. The minimum Gasteiger partial charge on any atom is -0.462 e. The van der Waals surface area contributed by atoms with E-state index in [0.29, 0.717) is 17.4 Å². The zero-order chi connectivity index (χ0) is 60.5. The van der Waals surface area contributed by atoms with Gasteiger partial charge in [0.25, 0.3) is 0 Å². The first kappa shape index (κ1) is 81.5. The van der Waals surface area contributed by atoms with Crippen LogP contribution in [0.3, 0.4) is 0 Å². The number of esters is 2. The Morgan fingerprint density at radius 2 is 0.651 bits per heavy atom. The van der Waals surface area contributed by atoms with E-state index in [-0.39, 0.29) is 25.6 Å². The molecule has 0 aliphatic carbocycles. The highest BCUT2D eigenvalue weighted by Crippen LogP contribution is 2.43. The second kappa shape index (κ2) is 64.9. The molecule has 0 aromatic heterocycles. The molecule has 0 rings (SSSR count). The molecule has 10 heteroatoms. The van der Waals surface area contributed by atoms with Crippen LogP contribution in [0.5, 0.6) is 0 Å². The van der Waals surface area contributed by atoms with Gasteiger partial charge in [0.2, 0.25) is 0 Å². The number of carbonyl (C=O) groups excluding carboxylic acids is 2. The van der Waals surface area contributed by atoms with Crippen LogP contribution in [0.2, 0.25) is 0 Å². The van der Waals surface area contributed by atoms with E-state index in [4.69, 9.17) is 18.5 Å². The lowest BCUT2D eigenvalue weighted by molar-refractivity contribution is -0.870. The molecule has 2 unspecified atom stereocenters. The zero-order valence-electron chi connectivity index (χ0n) is 56.2. The number of likely N-dealkylation sites (N-methyl/N-ethyl adjacent to an activating group) is 1. The van der Waals surface area contributed by atoms with Crippen LogP contribution in [0.4, 0.5) is 0 Å². The number of nitrogens with zero attached hydrogens (tertiary/aromatic N) is 1. The topological polar surface area (TPSA) is 108 Å². The van der Waals surface area contributed by atoms with E-state index in [1.54, 1.807) is 0 Å². The summed E-state index contributed by atoms with van der Waals surface area (Å²) < 4.78 is 34.7. The standard InChI is InChI=1S/C73H142NO8P/c1-6-8-10-12-14-16-18-20-22-24-26-28-29-30-31-32-33-34-35-36-37-38-39-40-41-42-43-44-45-46-48-50-52-54-56-58-60-62-64-66-73(76)82-71(70-81-83(77,78)80-68-67-74(3,4)5)69-79-72(75)65-63-61-59-57-55-53-51-49-47-27-25-23-21-19-17-15-13-11-9-7-2/h18,20,24,26,71H,6-17,19,21-23,25,27-70H2,1-5H3/p+1/b20-18-,26-24-. The SMILES string of the molecule is CCCCCCC/C=C\C/C=C\CCCCCCCCCCCCCCCCCCCCCCCCCCCCCC(=O)OC(COC(=O)CCCCCCCCCCCCCCCCCCCCCC)COP(=O)(O)OCC[N+](C)(C)C. The molecule has 0 heterocycles. The van der Waals surface area contributed by atoms with Gasteiger partial charge in [0.15, 0.2) is 6.10 Å². The third-order valence-electron chi connectivity index (χ3n) is 16.7. The minimum absolute atomic E-state index is 0.0364. The summed E-state index contributed by atoms with van der Waals surface area (Å²) in [6, 6.07) is 0. The van der Waals surface area contributed by atoms with Gasteiger partial charge in [0.05, 0.1) is 27.7 Å². The minimum atomic E-state index is -4.39. The van der Waals surface area contributed by atoms with Crippen molar-refractivity contribution in [3.63, 3.8) is 0 Å². The van der Waals surface area contributed by atoms with Gasteiger partial charge in [-0.25, -0.2) is 4.57 Å². The smallest absolute Gasteiger partial charge is 0.462 e. The van der Waals surface area contributed by atoms with Gasteiger partial charge in [-0.3, -0.25) is 18.6 Å². The summed E-state index contributed by atoms with van der Waals surface area (Å²) in [6.45, 7) is 4.50. The first-order valence-electron chi connectivity index (χ1n) is 36.6. The van der Waals surface area contributed by atoms with Crippen molar-refractivity contribution in [3.8, 4) is 0 Å². The van der Waals surface area contributed by atoms with Crippen molar-refractivity contribution in [1.29, 1.82) is 0 Å². The molecule has 2 atom stereocenters. The molecule has 0 aromatic rings. The van der Waals surface area contributed by atoms with Crippen LogP contribution in [0.25, 0.3) is 0 Å². The largest absolute Gasteiger partial charge is 0.472 e. The Bertz CT molecular complexity index is 1450. The maximum absolute atomic E-state index is 12.9. The van der Waals surface area contributed by atoms with Crippen molar-refractivity contribution < 1.29 is 42.1 Å². The van der Waals surface area contributed by atoms with E-state index in [1.807, 2.05) is 21.1 Å². The second-order valence-electron chi connectivity index (χ2n) is 26.3. The number of allylic oxidation sites excluding steroid dienone is 4. The van der Waals surface area contributed by atoms with E-state index in [9.17, 15) is 19.0 Å². The molecule has 0 saturated heterocycles. The summed E-state index contributed by atoms with van der Waals surface area (Å²) in [5, 5.41) is 0. The molecule has 0 aliphatic heterocycles. The molecular formula is C73H143NO8P+. The van der Waals surface area contributed by atoms with E-state index in [1.165, 1.54) is 308 Å². The number of carbonyl (C=O) groups is 2. The average Bonchev–Trinajstić information content (AvgIpc) is 3.48. The molecule has 0 radical (unpaired) electrons. The van der Waals surface area contributed by atoms with Crippen molar-refractivity contribution in [1.82, 2.24) is 0 Å². The molecule has 83 heavy (non-hydrogen) atoms. The van der Waals surface area contributed by atoms with E-state index >= 15 is 0 Å². The number of rotatable bonds is 69. The summed E-state index contributed by atoms with van der Waals surface area (Å²) in [5.41, 5.74) is 0. The van der Waals surface area contributed by atoms with E-state index in [2.05, 4.69) is 38.2 Å². The van der Waals surface area contributed by atoms with Crippen LogP contribution in [0.15, 0.2) is 24.3 Å². The molecular weight excluding hydrogens is 1050 g/mol. The van der Waals surface area contributed by atoms with Crippen LogP contribution in [-0.2, 0) is 32.7 Å². The van der Waals surface area contributed by atoms with Gasteiger partial charge in [-0.1, -0.05) is 346 Å². The zero-order valence-corrected chi connectivity index (χ0v) is 57.1. The van der Waals surface area contributed by atoms with Crippen molar-refractivity contribution in [2.24, 2.45) is 0 Å². The lowest BCUT2D eigenvalue weighted by Crippen LogP contribution is -2.37. The third-order valence-corrected chi connectivity index (χ3v) is 17.7. The predicted octanol–water partition coefficient (Wildman–Crippen LogP) is 23.7. The second-order valence-corrected chi connectivity index (χ2v) is 27.8. The Balaban J connectivity index is 3.88. The first-order valence-corrected chi connectivity index (χ1v) is 38.1. The molecule has 0 spiro atoms. The monoisotopic (exact) mass is 1190 g/mol. The Kier molecular flexibility index (Phi) is 63.8. The lowest BCUT2D eigenvalue weighted by Gasteiger charge is -2.24. The predicted molar refractivity (Wildman–Crippen MR) is 358 cm³/mol. The number of hydrogen-bond acceptors (Lipinski definition) is 7.